The summed E-state index contributed by atoms with van der Waals surface area (Å²) in [5, 5.41) is 0. The van der Waals surface area contributed by atoms with E-state index in [-0.39, 0.29) is 18.0 Å². The molecule has 0 aliphatic heterocycles. The highest BCUT2D eigenvalue weighted by Crippen LogP contribution is 2.30. The molecule has 0 amide bonds. The fraction of sp³-hybridized carbons (Fsp3) is 0.0667. The number of ketones is 2. The van der Waals surface area contributed by atoms with Crippen molar-refractivity contribution < 1.29 is 9.59 Å². The van der Waals surface area contributed by atoms with E-state index in [1.54, 1.807) is 12.1 Å². The molecule has 2 bridgehead atoms. The molecule has 4 nitrogen and oxygen atoms in total. The minimum atomic E-state index is -0.117. The number of anilines is 1. The third-order valence-electron chi connectivity index (χ3n) is 3.33. The molecular formula is C15H12N2O2. The van der Waals surface area contributed by atoms with Crippen LogP contribution in [0.2, 0.25) is 0 Å². The van der Waals surface area contributed by atoms with Crippen molar-refractivity contribution in [1.29, 1.82) is 0 Å². The Morgan fingerprint density at radius 3 is 2.21 bits per heavy atom. The average molecular weight is 252 g/mol. The van der Waals surface area contributed by atoms with Crippen LogP contribution in [-0.4, -0.2) is 11.6 Å². The van der Waals surface area contributed by atoms with Crippen LogP contribution in [0.1, 0.15) is 27.1 Å². The predicted molar refractivity (Wildman–Crippen MR) is 73.0 cm³/mol. The van der Waals surface area contributed by atoms with E-state index in [0.29, 0.717) is 11.1 Å². The second-order valence-corrected chi connectivity index (χ2v) is 4.51. The molecule has 3 N–H and O–H groups in total. The number of rotatable bonds is 2. The van der Waals surface area contributed by atoms with E-state index in [2.05, 4.69) is 5.43 Å². The summed E-state index contributed by atoms with van der Waals surface area (Å²) in [4.78, 5) is 23.5. The molecule has 0 saturated carbocycles. The van der Waals surface area contributed by atoms with Gasteiger partial charge in [-0.05, 0) is 29.3 Å². The molecule has 3 rings (SSSR count). The molecule has 19 heavy (non-hydrogen) atoms. The molecular weight excluding hydrogens is 240 g/mol. The van der Waals surface area contributed by atoms with Gasteiger partial charge in [-0.2, -0.15) is 0 Å². The second-order valence-electron chi connectivity index (χ2n) is 4.51. The van der Waals surface area contributed by atoms with E-state index in [1.165, 1.54) is 0 Å². The first-order valence-corrected chi connectivity index (χ1v) is 5.96. The van der Waals surface area contributed by atoms with Gasteiger partial charge < -0.3 is 5.43 Å². The lowest BCUT2D eigenvalue weighted by atomic mass is 9.87. The molecule has 0 heterocycles. The first kappa shape index (κ1) is 11.6. The van der Waals surface area contributed by atoms with E-state index >= 15 is 0 Å². The van der Waals surface area contributed by atoms with E-state index in [1.807, 2.05) is 30.3 Å². The van der Waals surface area contributed by atoms with Crippen LogP contribution in [0.4, 0.5) is 5.69 Å². The number of hydrazine groups is 1. The van der Waals surface area contributed by atoms with Crippen molar-refractivity contribution in [3.8, 4) is 11.1 Å². The zero-order chi connectivity index (χ0) is 13.4. The number of nitrogens with one attached hydrogen (secondary N) is 1. The van der Waals surface area contributed by atoms with Crippen LogP contribution in [0.25, 0.3) is 11.1 Å². The van der Waals surface area contributed by atoms with E-state index in [0.717, 1.165) is 16.8 Å². The zero-order valence-electron chi connectivity index (χ0n) is 10.1. The van der Waals surface area contributed by atoms with Crippen molar-refractivity contribution in [3.05, 3.63) is 53.6 Å². The summed E-state index contributed by atoms with van der Waals surface area (Å²) < 4.78 is 0. The predicted octanol–water partition coefficient (Wildman–Crippen LogP) is 2.41. The van der Waals surface area contributed by atoms with Crippen molar-refractivity contribution in [2.24, 2.45) is 5.84 Å². The lowest BCUT2D eigenvalue weighted by Crippen LogP contribution is -2.16. The fourth-order valence-corrected chi connectivity index (χ4v) is 2.29. The molecule has 0 fully saturated rings. The maximum absolute atomic E-state index is 11.9. The van der Waals surface area contributed by atoms with Gasteiger partial charge in [0.15, 0.2) is 11.6 Å². The Balaban J connectivity index is 2.11. The van der Waals surface area contributed by atoms with Gasteiger partial charge in [0.25, 0.3) is 0 Å². The largest absolute Gasteiger partial charge is 0.324 e. The first-order chi connectivity index (χ1) is 9.19. The Labute approximate surface area is 110 Å². The molecule has 0 radical (unpaired) electrons. The molecule has 0 saturated heterocycles. The van der Waals surface area contributed by atoms with Crippen LogP contribution in [0.15, 0.2) is 42.5 Å². The summed E-state index contributed by atoms with van der Waals surface area (Å²) in [5.74, 6) is 5.10. The van der Waals surface area contributed by atoms with Crippen LogP contribution in [-0.2, 0) is 0 Å². The molecule has 0 spiro atoms. The lowest BCUT2D eigenvalue weighted by molar-refractivity contribution is 0.0886. The minimum Gasteiger partial charge on any atom is -0.324 e. The molecule has 4 heteroatoms. The monoisotopic (exact) mass is 252 g/mol. The maximum Gasteiger partial charge on any atom is 0.171 e. The number of hydrogen-bond donors (Lipinski definition) is 2. The minimum absolute atomic E-state index is 0.0303. The van der Waals surface area contributed by atoms with Gasteiger partial charge in [0, 0.05) is 16.8 Å². The Hall–Kier alpha value is -2.46. The molecule has 0 atom stereocenters. The highest BCUT2D eigenvalue weighted by molar-refractivity contribution is 6.19. The molecule has 0 aromatic heterocycles. The number of fused-ring (bicyclic) bond motifs is 2. The summed E-state index contributed by atoms with van der Waals surface area (Å²) in [7, 11) is 0. The van der Waals surface area contributed by atoms with E-state index < -0.39 is 0 Å². The van der Waals surface area contributed by atoms with E-state index in [9.17, 15) is 9.59 Å². The van der Waals surface area contributed by atoms with Crippen molar-refractivity contribution in [3.63, 3.8) is 0 Å². The van der Waals surface area contributed by atoms with Crippen molar-refractivity contribution in [2.75, 3.05) is 5.43 Å². The molecule has 1 aliphatic rings. The zero-order valence-corrected chi connectivity index (χ0v) is 10.1. The lowest BCUT2D eigenvalue weighted by Gasteiger charge is -2.15. The van der Waals surface area contributed by atoms with Crippen molar-refractivity contribution >= 4 is 17.3 Å². The summed E-state index contributed by atoms with van der Waals surface area (Å²) in [5.41, 5.74) is 6.37. The van der Waals surface area contributed by atoms with E-state index in [4.69, 9.17) is 5.84 Å². The molecule has 94 valence electrons. The molecule has 1 aliphatic carbocycles. The van der Waals surface area contributed by atoms with Gasteiger partial charge in [-0.1, -0.05) is 24.3 Å². The van der Waals surface area contributed by atoms with Gasteiger partial charge >= 0.3 is 0 Å². The Kier molecular flexibility index (Phi) is 2.65. The van der Waals surface area contributed by atoms with Crippen molar-refractivity contribution in [1.82, 2.24) is 0 Å². The quantitative estimate of drug-likeness (QED) is 0.489. The van der Waals surface area contributed by atoms with Crippen LogP contribution in [0.5, 0.6) is 0 Å². The van der Waals surface area contributed by atoms with Gasteiger partial charge in [0.1, 0.15) is 0 Å². The molecule has 2 aromatic carbocycles. The molecule has 2 aromatic rings. The van der Waals surface area contributed by atoms with Crippen LogP contribution in [0, 0.1) is 0 Å². The number of Topliss-reactive ketones (excluding diaryl/α,β-unsaturated/α-hetero) is 2. The number of carbonyl (C=O) groups is 2. The van der Waals surface area contributed by atoms with Gasteiger partial charge in [-0.25, -0.2) is 0 Å². The summed E-state index contributed by atoms with van der Waals surface area (Å²) in [6, 6.07) is 12.7. The smallest absolute Gasteiger partial charge is 0.171 e. The maximum atomic E-state index is 11.9. The van der Waals surface area contributed by atoms with Gasteiger partial charge in [0.05, 0.1) is 6.42 Å². The fourth-order valence-electron chi connectivity index (χ4n) is 2.29. The SMILES string of the molecule is NNc1ccc(-c2ccc3cc2C(=O)CC3=O)cc1. The highest BCUT2D eigenvalue weighted by atomic mass is 16.1. The first-order valence-electron chi connectivity index (χ1n) is 5.96. The highest BCUT2D eigenvalue weighted by Gasteiger charge is 2.23. The third kappa shape index (κ3) is 1.92. The third-order valence-corrected chi connectivity index (χ3v) is 3.33. The van der Waals surface area contributed by atoms with Crippen molar-refractivity contribution in [2.45, 2.75) is 6.42 Å². The Morgan fingerprint density at radius 1 is 0.842 bits per heavy atom. The van der Waals surface area contributed by atoms with Gasteiger partial charge in [0.2, 0.25) is 0 Å². The van der Waals surface area contributed by atoms with Gasteiger partial charge in [-0.3, -0.25) is 15.4 Å². The van der Waals surface area contributed by atoms with Crippen LogP contribution < -0.4 is 11.3 Å². The summed E-state index contributed by atoms with van der Waals surface area (Å²) in [6.45, 7) is 0. The number of hydrogen-bond acceptors (Lipinski definition) is 4. The Bertz CT molecular complexity index is 675. The van der Waals surface area contributed by atoms with Crippen LogP contribution >= 0.6 is 0 Å². The summed E-state index contributed by atoms with van der Waals surface area (Å²) >= 11 is 0. The number of carbonyl (C=O) groups excluding carboxylic acids is 2. The summed E-state index contributed by atoms with van der Waals surface area (Å²) in [6.07, 6.45) is -0.0303. The second kappa shape index (κ2) is 4.33. The Morgan fingerprint density at radius 2 is 1.53 bits per heavy atom. The van der Waals surface area contributed by atoms with Crippen LogP contribution in [0.3, 0.4) is 0 Å². The topological polar surface area (TPSA) is 72.2 Å². The number of nitrogens with two attached hydrogens (primary N) is 1. The standard InChI is InChI=1S/C15H12N2O2/c16-17-11-4-1-9(2-5-11)12-6-3-10-7-13(12)15(19)8-14(10)18/h1-7,17H,8,16H2. The average Bonchev–Trinajstić information content (AvgIpc) is 2.45. The molecule has 0 unspecified atom stereocenters. The normalized spacial score (nSPS) is 13.5. The number of nitrogen functional groups attached to an aromatic ring is 1. The number of benzene rings is 2. The van der Waals surface area contributed by atoms with Gasteiger partial charge in [-0.15, -0.1) is 0 Å².